The van der Waals surface area contributed by atoms with E-state index in [9.17, 15) is 5.11 Å². The van der Waals surface area contributed by atoms with E-state index >= 15 is 0 Å². The van der Waals surface area contributed by atoms with Gasteiger partial charge in [0.1, 0.15) is 0 Å². The first-order valence-electron chi connectivity index (χ1n) is 11.5. The molecule has 0 amide bonds. The number of nitrogens with one attached hydrogen (secondary N) is 1. The third-order valence-corrected chi connectivity index (χ3v) is 6.53. The fourth-order valence-electron chi connectivity index (χ4n) is 4.60. The lowest BCUT2D eigenvalue weighted by Crippen LogP contribution is -2.36. The summed E-state index contributed by atoms with van der Waals surface area (Å²) in [6, 6.07) is 32.4. The van der Waals surface area contributed by atoms with Gasteiger partial charge in [0.05, 0.1) is 28.7 Å². The highest BCUT2D eigenvalue weighted by molar-refractivity contribution is 7.80. The Kier molecular flexibility index (Phi) is 5.45. The van der Waals surface area contributed by atoms with Gasteiger partial charge in [0.25, 0.3) is 0 Å². The summed E-state index contributed by atoms with van der Waals surface area (Å²) in [5, 5.41) is 17.9. The number of fused-ring (bicyclic) bond motifs is 7. The second kappa shape index (κ2) is 8.91. The van der Waals surface area contributed by atoms with Crippen molar-refractivity contribution in [1.29, 1.82) is 0 Å². The first-order chi connectivity index (χ1) is 17.2. The van der Waals surface area contributed by atoms with Crippen molar-refractivity contribution in [2.24, 2.45) is 0 Å². The summed E-state index contributed by atoms with van der Waals surface area (Å²) < 4.78 is 0. The van der Waals surface area contributed by atoms with E-state index in [4.69, 9.17) is 22.2 Å². The third-order valence-electron chi connectivity index (χ3n) is 6.21. The van der Waals surface area contributed by atoms with E-state index in [-0.39, 0.29) is 6.61 Å². The van der Waals surface area contributed by atoms with Gasteiger partial charge in [0.15, 0.2) is 5.11 Å². The number of rotatable bonds is 4. The predicted molar refractivity (Wildman–Crippen MR) is 149 cm³/mol. The molecule has 1 aromatic heterocycles. The zero-order valence-electron chi connectivity index (χ0n) is 18.8. The van der Waals surface area contributed by atoms with E-state index in [0.717, 1.165) is 44.2 Å². The molecule has 35 heavy (non-hydrogen) atoms. The van der Waals surface area contributed by atoms with Crippen LogP contribution in [0.4, 0.5) is 11.4 Å². The number of anilines is 2. The van der Waals surface area contributed by atoms with Gasteiger partial charge in [-0.3, -0.25) is 0 Å². The molecule has 0 unspecified atom stereocenters. The molecule has 0 bridgehead atoms. The number of aromatic nitrogens is 2. The van der Waals surface area contributed by atoms with Crippen LogP contribution < -0.4 is 10.2 Å². The Bertz CT molecular complexity index is 1720. The maximum absolute atomic E-state index is 9.57. The molecule has 1 heterocycles. The van der Waals surface area contributed by atoms with E-state index in [2.05, 4.69) is 41.7 Å². The molecule has 170 valence electrons. The molecule has 0 saturated carbocycles. The lowest BCUT2D eigenvalue weighted by atomic mass is 9.99. The standard InChI is InChI=1S/C29H22N4OS/c34-17-16-33(20-8-2-1-3-9-20)29(35)30-19-14-15-25-26(18-19)32-28-24-13-7-5-11-22(24)21-10-4-6-12-23(21)27(28)31-25/h1-15,18,34H,16-17H2,(H,30,35). The topological polar surface area (TPSA) is 61.3 Å². The second-order valence-electron chi connectivity index (χ2n) is 8.36. The van der Waals surface area contributed by atoms with Gasteiger partial charge in [-0.1, -0.05) is 66.7 Å². The van der Waals surface area contributed by atoms with Crippen molar-refractivity contribution in [3.05, 3.63) is 97.1 Å². The van der Waals surface area contributed by atoms with E-state index in [1.165, 1.54) is 10.8 Å². The summed E-state index contributed by atoms with van der Waals surface area (Å²) in [6.07, 6.45) is 0. The third kappa shape index (κ3) is 3.83. The highest BCUT2D eigenvalue weighted by atomic mass is 32.1. The summed E-state index contributed by atoms with van der Waals surface area (Å²) in [6.45, 7) is 0.389. The Hall–Kier alpha value is -4.13. The van der Waals surface area contributed by atoms with Crippen LogP contribution in [0.2, 0.25) is 0 Å². The average Bonchev–Trinajstić information content (AvgIpc) is 2.91. The maximum Gasteiger partial charge on any atom is 0.178 e. The number of benzene rings is 5. The van der Waals surface area contributed by atoms with Gasteiger partial charge in [-0.2, -0.15) is 0 Å². The molecule has 0 aliphatic carbocycles. The summed E-state index contributed by atoms with van der Waals surface area (Å²) in [7, 11) is 0. The summed E-state index contributed by atoms with van der Waals surface area (Å²) >= 11 is 5.69. The number of para-hydroxylation sites is 1. The van der Waals surface area contributed by atoms with Gasteiger partial charge in [-0.25, -0.2) is 9.97 Å². The monoisotopic (exact) mass is 474 g/mol. The first kappa shape index (κ1) is 21.4. The van der Waals surface area contributed by atoms with Gasteiger partial charge in [-0.05, 0) is 53.3 Å². The molecule has 0 atom stereocenters. The lowest BCUT2D eigenvalue weighted by molar-refractivity contribution is 0.306. The number of nitrogens with zero attached hydrogens (tertiary/aromatic N) is 3. The molecule has 0 fully saturated rings. The molecule has 0 spiro atoms. The number of hydrogen-bond donors (Lipinski definition) is 2. The molecule has 6 aromatic rings. The van der Waals surface area contributed by atoms with Gasteiger partial charge in [-0.15, -0.1) is 0 Å². The molecule has 0 radical (unpaired) electrons. The van der Waals surface area contributed by atoms with E-state index in [0.29, 0.717) is 11.7 Å². The van der Waals surface area contributed by atoms with Gasteiger partial charge in [0, 0.05) is 28.7 Å². The van der Waals surface area contributed by atoms with Crippen LogP contribution in [-0.2, 0) is 0 Å². The molecular weight excluding hydrogens is 452 g/mol. The number of aliphatic hydroxyl groups excluding tert-OH is 1. The van der Waals surface area contributed by atoms with Crippen LogP contribution >= 0.6 is 12.2 Å². The minimum atomic E-state index is -0.00701. The van der Waals surface area contributed by atoms with Crippen LogP contribution in [0.5, 0.6) is 0 Å². The fraction of sp³-hybridized carbons (Fsp3) is 0.0690. The fourth-order valence-corrected chi connectivity index (χ4v) is 4.92. The number of aliphatic hydroxyl groups is 1. The predicted octanol–water partition coefficient (Wildman–Crippen LogP) is 6.29. The van der Waals surface area contributed by atoms with Crippen molar-refractivity contribution < 1.29 is 5.11 Å². The minimum Gasteiger partial charge on any atom is -0.395 e. The quantitative estimate of drug-likeness (QED) is 0.178. The summed E-state index contributed by atoms with van der Waals surface area (Å²) in [5.41, 5.74) is 5.15. The summed E-state index contributed by atoms with van der Waals surface area (Å²) in [5.74, 6) is 0. The minimum absolute atomic E-state index is 0.00701. The normalized spacial score (nSPS) is 11.3. The van der Waals surface area contributed by atoms with Crippen molar-refractivity contribution in [2.45, 2.75) is 0 Å². The molecule has 6 heteroatoms. The number of hydrogen-bond acceptors (Lipinski definition) is 4. The Labute approximate surface area is 207 Å². The molecule has 0 saturated heterocycles. The van der Waals surface area contributed by atoms with Crippen LogP contribution in [-0.4, -0.2) is 33.3 Å². The lowest BCUT2D eigenvalue weighted by Gasteiger charge is -2.25. The van der Waals surface area contributed by atoms with Crippen molar-refractivity contribution in [2.75, 3.05) is 23.4 Å². The zero-order valence-corrected chi connectivity index (χ0v) is 19.7. The van der Waals surface area contributed by atoms with Gasteiger partial charge < -0.3 is 15.3 Å². The molecular formula is C29H22N4OS. The smallest absolute Gasteiger partial charge is 0.178 e. The van der Waals surface area contributed by atoms with Gasteiger partial charge >= 0.3 is 0 Å². The zero-order chi connectivity index (χ0) is 23.8. The van der Waals surface area contributed by atoms with Crippen LogP contribution in [0.1, 0.15) is 0 Å². The molecule has 0 aliphatic heterocycles. The Morgan fingerprint density at radius 2 is 1.29 bits per heavy atom. The molecule has 2 N–H and O–H groups in total. The van der Waals surface area contributed by atoms with E-state index in [1.807, 2.05) is 65.6 Å². The van der Waals surface area contributed by atoms with Crippen molar-refractivity contribution in [3.63, 3.8) is 0 Å². The SMILES string of the molecule is OCCN(C(=S)Nc1ccc2nc3c4ccccc4c4ccccc4c3nc2c1)c1ccccc1. The molecule has 0 aliphatic rings. The maximum atomic E-state index is 9.57. The first-order valence-corrected chi connectivity index (χ1v) is 11.9. The molecule has 5 nitrogen and oxygen atoms in total. The van der Waals surface area contributed by atoms with Crippen molar-refractivity contribution in [3.8, 4) is 0 Å². The van der Waals surface area contributed by atoms with Crippen LogP contribution in [0.3, 0.4) is 0 Å². The van der Waals surface area contributed by atoms with Gasteiger partial charge in [0.2, 0.25) is 0 Å². The van der Waals surface area contributed by atoms with Crippen molar-refractivity contribution >= 4 is 72.3 Å². The van der Waals surface area contributed by atoms with E-state index in [1.54, 1.807) is 0 Å². The Morgan fingerprint density at radius 1 is 0.714 bits per heavy atom. The second-order valence-corrected chi connectivity index (χ2v) is 8.74. The number of thiocarbonyl (C=S) groups is 1. The highest BCUT2D eigenvalue weighted by Gasteiger charge is 2.14. The Morgan fingerprint density at radius 3 is 1.91 bits per heavy atom. The summed E-state index contributed by atoms with van der Waals surface area (Å²) in [4.78, 5) is 12.0. The largest absolute Gasteiger partial charge is 0.395 e. The van der Waals surface area contributed by atoms with E-state index < -0.39 is 0 Å². The average molecular weight is 475 g/mol. The van der Waals surface area contributed by atoms with Crippen LogP contribution in [0, 0.1) is 0 Å². The van der Waals surface area contributed by atoms with Crippen LogP contribution in [0.25, 0.3) is 43.6 Å². The molecule has 6 rings (SSSR count). The Balaban J connectivity index is 1.45. The molecule has 5 aromatic carbocycles. The highest BCUT2D eigenvalue weighted by Crippen LogP contribution is 2.34. The van der Waals surface area contributed by atoms with Crippen molar-refractivity contribution in [1.82, 2.24) is 9.97 Å². The van der Waals surface area contributed by atoms with Crippen LogP contribution in [0.15, 0.2) is 97.1 Å².